The molecule has 1 aromatic rings. The lowest BCUT2D eigenvalue weighted by atomic mass is 9.90. The van der Waals surface area contributed by atoms with Gasteiger partial charge in [0.2, 0.25) is 0 Å². The third-order valence-electron chi connectivity index (χ3n) is 3.71. The van der Waals surface area contributed by atoms with E-state index in [1.165, 1.54) is 0 Å². The second-order valence-electron chi connectivity index (χ2n) is 5.19. The van der Waals surface area contributed by atoms with Crippen molar-refractivity contribution in [3.63, 3.8) is 0 Å². The number of ketones is 1. The summed E-state index contributed by atoms with van der Waals surface area (Å²) in [5, 5.41) is 0. The first kappa shape index (κ1) is 14.0. The Balaban J connectivity index is 2.26. The van der Waals surface area contributed by atoms with Gasteiger partial charge in [-0.3, -0.25) is 9.69 Å². The van der Waals surface area contributed by atoms with Gasteiger partial charge in [-0.2, -0.15) is 0 Å². The number of carbonyl (C=O) groups excluding carboxylic acids is 1. The molecule has 4 heteroatoms. The molecular formula is C15H21NO3. The number of morpholine rings is 1. The Kier molecular flexibility index (Phi) is 4.22. The third kappa shape index (κ3) is 2.80. The van der Waals surface area contributed by atoms with Crippen molar-refractivity contribution in [2.24, 2.45) is 0 Å². The number of carbonyl (C=O) groups is 1. The van der Waals surface area contributed by atoms with Gasteiger partial charge in [0.25, 0.3) is 0 Å². The van der Waals surface area contributed by atoms with Crippen molar-refractivity contribution < 1.29 is 14.3 Å². The van der Waals surface area contributed by atoms with Gasteiger partial charge in [0.15, 0.2) is 5.78 Å². The van der Waals surface area contributed by atoms with Crippen LogP contribution in [0.15, 0.2) is 24.3 Å². The average molecular weight is 263 g/mol. The Morgan fingerprint density at radius 3 is 2.53 bits per heavy atom. The highest BCUT2D eigenvalue weighted by Gasteiger charge is 2.37. The maximum atomic E-state index is 12.8. The van der Waals surface area contributed by atoms with E-state index in [1.54, 1.807) is 7.11 Å². The van der Waals surface area contributed by atoms with Crippen LogP contribution in [0.2, 0.25) is 0 Å². The molecule has 1 heterocycles. The monoisotopic (exact) mass is 263 g/mol. The van der Waals surface area contributed by atoms with E-state index in [1.807, 2.05) is 38.1 Å². The van der Waals surface area contributed by atoms with Crippen LogP contribution in [-0.2, 0) is 4.74 Å². The first-order chi connectivity index (χ1) is 9.07. The molecule has 4 nitrogen and oxygen atoms in total. The number of benzene rings is 1. The van der Waals surface area contributed by atoms with Gasteiger partial charge in [-0.25, -0.2) is 0 Å². The van der Waals surface area contributed by atoms with E-state index in [0.717, 1.165) is 13.1 Å². The minimum atomic E-state index is -0.543. The SMILES string of the molecule is COc1ccccc1C(=O)C(C)(C)N1CCOCC1. The molecule has 1 aliphatic heterocycles. The number of rotatable bonds is 4. The van der Waals surface area contributed by atoms with Crippen LogP contribution in [0.4, 0.5) is 0 Å². The maximum Gasteiger partial charge on any atom is 0.186 e. The lowest BCUT2D eigenvalue weighted by molar-refractivity contribution is -0.00438. The predicted molar refractivity (Wildman–Crippen MR) is 73.8 cm³/mol. The summed E-state index contributed by atoms with van der Waals surface area (Å²) in [4.78, 5) is 15.0. The zero-order valence-electron chi connectivity index (χ0n) is 11.8. The summed E-state index contributed by atoms with van der Waals surface area (Å²) in [5.41, 5.74) is 0.0970. The fourth-order valence-electron chi connectivity index (χ4n) is 2.43. The molecule has 1 saturated heterocycles. The summed E-state index contributed by atoms with van der Waals surface area (Å²) in [5.74, 6) is 0.723. The van der Waals surface area contributed by atoms with Gasteiger partial charge in [-0.05, 0) is 26.0 Å². The van der Waals surface area contributed by atoms with Gasteiger partial charge < -0.3 is 9.47 Å². The second-order valence-corrected chi connectivity index (χ2v) is 5.19. The minimum Gasteiger partial charge on any atom is -0.496 e. The molecule has 0 aromatic heterocycles. The van der Waals surface area contributed by atoms with E-state index in [2.05, 4.69) is 4.90 Å². The summed E-state index contributed by atoms with van der Waals surface area (Å²) in [6.45, 7) is 6.87. The molecule has 0 amide bonds. The summed E-state index contributed by atoms with van der Waals surface area (Å²) in [6.07, 6.45) is 0. The Labute approximate surface area is 114 Å². The standard InChI is InChI=1S/C15H21NO3/c1-15(2,16-8-10-19-11-9-16)14(17)12-6-4-5-7-13(12)18-3/h4-7H,8-11H2,1-3H3. The first-order valence-corrected chi connectivity index (χ1v) is 6.58. The topological polar surface area (TPSA) is 38.8 Å². The van der Waals surface area contributed by atoms with Crippen molar-refractivity contribution in [2.75, 3.05) is 33.4 Å². The second kappa shape index (κ2) is 5.72. The fraction of sp³-hybridized carbons (Fsp3) is 0.533. The highest BCUT2D eigenvalue weighted by atomic mass is 16.5. The number of Topliss-reactive ketones (excluding diaryl/α,β-unsaturated/α-hetero) is 1. The van der Waals surface area contributed by atoms with Gasteiger partial charge >= 0.3 is 0 Å². The number of hydrogen-bond acceptors (Lipinski definition) is 4. The molecule has 0 saturated carbocycles. The van der Waals surface area contributed by atoms with Crippen LogP contribution < -0.4 is 4.74 Å². The van der Waals surface area contributed by atoms with E-state index in [0.29, 0.717) is 24.5 Å². The first-order valence-electron chi connectivity index (χ1n) is 6.58. The van der Waals surface area contributed by atoms with Crippen LogP contribution in [0.25, 0.3) is 0 Å². The van der Waals surface area contributed by atoms with E-state index in [-0.39, 0.29) is 5.78 Å². The number of methoxy groups -OCH3 is 1. The van der Waals surface area contributed by atoms with Crippen molar-refractivity contribution in [3.8, 4) is 5.75 Å². The summed E-state index contributed by atoms with van der Waals surface area (Å²) in [7, 11) is 1.59. The zero-order valence-corrected chi connectivity index (χ0v) is 11.8. The molecule has 0 N–H and O–H groups in total. The number of para-hydroxylation sites is 1. The predicted octanol–water partition coefficient (Wildman–Crippen LogP) is 1.99. The summed E-state index contributed by atoms with van der Waals surface area (Å²) >= 11 is 0. The lowest BCUT2D eigenvalue weighted by Gasteiger charge is -2.39. The number of ether oxygens (including phenoxy) is 2. The van der Waals surface area contributed by atoms with E-state index in [4.69, 9.17) is 9.47 Å². The molecule has 0 radical (unpaired) electrons. The van der Waals surface area contributed by atoms with Crippen molar-refractivity contribution in [3.05, 3.63) is 29.8 Å². The molecule has 0 bridgehead atoms. The van der Waals surface area contributed by atoms with Gasteiger partial charge in [-0.15, -0.1) is 0 Å². The van der Waals surface area contributed by atoms with Crippen molar-refractivity contribution in [1.82, 2.24) is 4.90 Å². The van der Waals surface area contributed by atoms with Crippen LogP contribution in [-0.4, -0.2) is 49.6 Å². The van der Waals surface area contributed by atoms with Crippen molar-refractivity contribution in [2.45, 2.75) is 19.4 Å². The van der Waals surface area contributed by atoms with Crippen LogP contribution in [0, 0.1) is 0 Å². The molecule has 0 aliphatic carbocycles. The van der Waals surface area contributed by atoms with Gasteiger partial charge in [0.1, 0.15) is 5.75 Å². The van der Waals surface area contributed by atoms with Gasteiger partial charge in [-0.1, -0.05) is 12.1 Å². The minimum absolute atomic E-state index is 0.0897. The van der Waals surface area contributed by atoms with Crippen molar-refractivity contribution >= 4 is 5.78 Å². The molecule has 0 spiro atoms. The smallest absolute Gasteiger partial charge is 0.186 e. The third-order valence-corrected chi connectivity index (χ3v) is 3.71. The maximum absolute atomic E-state index is 12.8. The van der Waals surface area contributed by atoms with E-state index < -0.39 is 5.54 Å². The highest BCUT2D eigenvalue weighted by molar-refractivity contribution is 6.04. The quantitative estimate of drug-likeness (QED) is 0.779. The van der Waals surface area contributed by atoms with Gasteiger partial charge in [0.05, 0.1) is 31.4 Å². The molecule has 1 aliphatic rings. The number of hydrogen-bond donors (Lipinski definition) is 0. The largest absolute Gasteiger partial charge is 0.496 e. The summed E-state index contributed by atoms with van der Waals surface area (Å²) in [6, 6.07) is 7.38. The Hall–Kier alpha value is -1.39. The molecule has 1 fully saturated rings. The Morgan fingerprint density at radius 2 is 1.89 bits per heavy atom. The average Bonchev–Trinajstić information content (AvgIpc) is 2.47. The molecule has 0 atom stereocenters. The lowest BCUT2D eigenvalue weighted by Crippen LogP contribution is -2.54. The molecule has 0 unspecified atom stereocenters. The molecule has 104 valence electrons. The molecule has 19 heavy (non-hydrogen) atoms. The van der Waals surface area contributed by atoms with Crippen LogP contribution in [0.3, 0.4) is 0 Å². The van der Waals surface area contributed by atoms with Crippen LogP contribution in [0.1, 0.15) is 24.2 Å². The normalized spacial score (nSPS) is 17.2. The Bertz CT molecular complexity index is 450. The number of nitrogens with zero attached hydrogens (tertiary/aromatic N) is 1. The van der Waals surface area contributed by atoms with Crippen molar-refractivity contribution in [1.29, 1.82) is 0 Å². The fourth-order valence-corrected chi connectivity index (χ4v) is 2.43. The molecular weight excluding hydrogens is 242 g/mol. The van der Waals surface area contributed by atoms with Crippen LogP contribution in [0.5, 0.6) is 5.75 Å². The van der Waals surface area contributed by atoms with E-state index in [9.17, 15) is 4.79 Å². The summed E-state index contributed by atoms with van der Waals surface area (Å²) < 4.78 is 10.6. The van der Waals surface area contributed by atoms with Crippen LogP contribution >= 0.6 is 0 Å². The molecule has 1 aromatic carbocycles. The van der Waals surface area contributed by atoms with Gasteiger partial charge in [0, 0.05) is 13.1 Å². The zero-order chi connectivity index (χ0) is 13.9. The van der Waals surface area contributed by atoms with E-state index >= 15 is 0 Å². The Morgan fingerprint density at radius 1 is 1.26 bits per heavy atom. The molecule has 2 rings (SSSR count). The highest BCUT2D eigenvalue weighted by Crippen LogP contribution is 2.27.